The number of nitrogens with one attached hydrogen (secondary N) is 1. The van der Waals surface area contributed by atoms with Crippen LogP contribution < -0.4 is 5.32 Å². The molecule has 0 aromatic carbocycles. The van der Waals surface area contributed by atoms with Crippen LogP contribution in [-0.4, -0.2) is 24.3 Å². The van der Waals surface area contributed by atoms with Gasteiger partial charge in [0, 0.05) is 12.6 Å². The van der Waals surface area contributed by atoms with Crippen molar-refractivity contribution in [1.82, 2.24) is 5.32 Å². The van der Waals surface area contributed by atoms with Crippen molar-refractivity contribution in [3.8, 4) is 0 Å². The van der Waals surface area contributed by atoms with E-state index in [1.165, 1.54) is 51.5 Å². The highest BCUT2D eigenvalue weighted by Crippen LogP contribution is 2.44. The minimum absolute atomic E-state index is 0.404. The molecule has 0 radical (unpaired) electrons. The van der Waals surface area contributed by atoms with Crippen molar-refractivity contribution in [2.75, 3.05) is 13.2 Å². The minimum Gasteiger partial charge on any atom is -0.396 e. The van der Waals surface area contributed by atoms with Crippen LogP contribution in [0.15, 0.2) is 0 Å². The number of rotatable bonds is 5. The summed E-state index contributed by atoms with van der Waals surface area (Å²) in [5.74, 6) is 3.30. The molecule has 106 valence electrons. The standard InChI is InChI=1S/C16H31NO/c1-3-8-17-16-10-15(16)14-7-6-13(11-18)5-4-12(2)9-14/h12-18H,3-11H2,1-2H3. The van der Waals surface area contributed by atoms with E-state index >= 15 is 0 Å². The predicted octanol–water partition coefficient (Wildman–Crippen LogP) is 3.20. The van der Waals surface area contributed by atoms with Gasteiger partial charge >= 0.3 is 0 Å². The molecular formula is C16H31NO. The Balaban J connectivity index is 1.80. The maximum atomic E-state index is 9.39. The lowest BCUT2D eigenvalue weighted by molar-refractivity contribution is 0.167. The second-order valence-corrected chi connectivity index (χ2v) is 6.76. The second kappa shape index (κ2) is 6.91. The van der Waals surface area contributed by atoms with E-state index in [1.807, 2.05) is 0 Å². The third kappa shape index (κ3) is 3.96. The molecule has 2 rings (SSSR count). The lowest BCUT2D eigenvalue weighted by Crippen LogP contribution is -2.24. The number of hydrogen-bond donors (Lipinski definition) is 2. The van der Waals surface area contributed by atoms with Gasteiger partial charge in [-0.15, -0.1) is 0 Å². The van der Waals surface area contributed by atoms with Crippen molar-refractivity contribution < 1.29 is 5.11 Å². The van der Waals surface area contributed by atoms with Gasteiger partial charge in [0.1, 0.15) is 0 Å². The molecular weight excluding hydrogens is 222 g/mol. The molecule has 0 bridgehead atoms. The summed E-state index contributed by atoms with van der Waals surface area (Å²) >= 11 is 0. The van der Waals surface area contributed by atoms with Gasteiger partial charge in [0.2, 0.25) is 0 Å². The van der Waals surface area contributed by atoms with Crippen LogP contribution in [0.3, 0.4) is 0 Å². The molecule has 0 aromatic rings. The zero-order chi connectivity index (χ0) is 13.0. The topological polar surface area (TPSA) is 32.3 Å². The van der Waals surface area contributed by atoms with E-state index in [0.717, 1.165) is 23.8 Å². The third-order valence-corrected chi connectivity index (χ3v) is 5.08. The summed E-state index contributed by atoms with van der Waals surface area (Å²) in [4.78, 5) is 0. The van der Waals surface area contributed by atoms with E-state index < -0.39 is 0 Å². The van der Waals surface area contributed by atoms with Crippen LogP contribution in [0.4, 0.5) is 0 Å². The van der Waals surface area contributed by atoms with Gasteiger partial charge in [0.15, 0.2) is 0 Å². The fourth-order valence-corrected chi connectivity index (χ4v) is 3.74. The average Bonchev–Trinajstić information content (AvgIpc) is 3.11. The highest BCUT2D eigenvalue weighted by atomic mass is 16.3. The molecule has 0 aliphatic heterocycles. The van der Waals surface area contributed by atoms with Crippen molar-refractivity contribution in [1.29, 1.82) is 0 Å². The highest BCUT2D eigenvalue weighted by molar-refractivity contribution is 4.97. The van der Waals surface area contributed by atoms with Crippen molar-refractivity contribution in [2.45, 2.75) is 64.8 Å². The monoisotopic (exact) mass is 253 g/mol. The second-order valence-electron chi connectivity index (χ2n) is 6.76. The Morgan fingerprint density at radius 1 is 1.11 bits per heavy atom. The summed E-state index contributed by atoms with van der Waals surface area (Å²) in [7, 11) is 0. The molecule has 2 aliphatic rings. The fourth-order valence-electron chi connectivity index (χ4n) is 3.74. The van der Waals surface area contributed by atoms with Crippen LogP contribution in [-0.2, 0) is 0 Å². The first kappa shape index (κ1) is 14.3. The molecule has 18 heavy (non-hydrogen) atoms. The Hall–Kier alpha value is -0.0800. The van der Waals surface area contributed by atoms with Gasteiger partial charge in [-0.25, -0.2) is 0 Å². The van der Waals surface area contributed by atoms with Gasteiger partial charge in [0.25, 0.3) is 0 Å². The zero-order valence-electron chi connectivity index (χ0n) is 12.2. The summed E-state index contributed by atoms with van der Waals surface area (Å²) < 4.78 is 0. The maximum Gasteiger partial charge on any atom is 0.0459 e. The van der Waals surface area contributed by atoms with Crippen molar-refractivity contribution in [2.24, 2.45) is 23.7 Å². The Labute approximate surface area is 113 Å². The summed E-state index contributed by atoms with van der Waals surface area (Å²) in [6, 6.07) is 0.814. The fraction of sp³-hybridized carbons (Fsp3) is 1.00. The molecule has 5 atom stereocenters. The largest absolute Gasteiger partial charge is 0.396 e. The van der Waals surface area contributed by atoms with Crippen LogP contribution in [0.2, 0.25) is 0 Å². The average molecular weight is 253 g/mol. The van der Waals surface area contributed by atoms with Crippen LogP contribution in [0, 0.1) is 23.7 Å². The van der Waals surface area contributed by atoms with Crippen molar-refractivity contribution in [3.05, 3.63) is 0 Å². The molecule has 2 heteroatoms. The van der Waals surface area contributed by atoms with E-state index in [4.69, 9.17) is 0 Å². The van der Waals surface area contributed by atoms with E-state index in [-0.39, 0.29) is 0 Å². The molecule has 2 fully saturated rings. The Kier molecular flexibility index (Phi) is 5.50. The summed E-state index contributed by atoms with van der Waals surface area (Å²) in [5, 5.41) is 13.1. The van der Waals surface area contributed by atoms with Gasteiger partial charge in [-0.2, -0.15) is 0 Å². The Morgan fingerprint density at radius 2 is 1.89 bits per heavy atom. The Morgan fingerprint density at radius 3 is 2.61 bits per heavy atom. The van der Waals surface area contributed by atoms with E-state index in [0.29, 0.717) is 12.5 Å². The van der Waals surface area contributed by atoms with Crippen LogP contribution >= 0.6 is 0 Å². The summed E-state index contributed by atoms with van der Waals surface area (Å²) in [6.45, 7) is 6.24. The first-order chi connectivity index (χ1) is 8.74. The molecule has 2 saturated carbocycles. The summed E-state index contributed by atoms with van der Waals surface area (Å²) in [6.07, 6.45) is 9.24. The first-order valence-corrected chi connectivity index (χ1v) is 8.08. The molecule has 5 unspecified atom stereocenters. The smallest absolute Gasteiger partial charge is 0.0459 e. The number of aliphatic hydroxyl groups excluding tert-OH is 1. The molecule has 0 aromatic heterocycles. The molecule has 2 nitrogen and oxygen atoms in total. The van der Waals surface area contributed by atoms with Gasteiger partial charge in [0.05, 0.1) is 0 Å². The number of aliphatic hydroxyl groups is 1. The molecule has 0 heterocycles. The van der Waals surface area contributed by atoms with Crippen LogP contribution in [0.25, 0.3) is 0 Å². The van der Waals surface area contributed by atoms with E-state index in [1.54, 1.807) is 0 Å². The van der Waals surface area contributed by atoms with Crippen molar-refractivity contribution >= 4 is 0 Å². The minimum atomic E-state index is 0.404. The summed E-state index contributed by atoms with van der Waals surface area (Å²) in [5.41, 5.74) is 0. The van der Waals surface area contributed by atoms with Crippen LogP contribution in [0.5, 0.6) is 0 Å². The van der Waals surface area contributed by atoms with Crippen molar-refractivity contribution in [3.63, 3.8) is 0 Å². The lowest BCUT2D eigenvalue weighted by Gasteiger charge is -2.28. The predicted molar refractivity (Wildman–Crippen MR) is 76.5 cm³/mol. The maximum absolute atomic E-state index is 9.39. The normalized spacial score (nSPS) is 41.2. The van der Waals surface area contributed by atoms with Gasteiger partial charge < -0.3 is 10.4 Å². The molecule has 0 spiro atoms. The zero-order valence-corrected chi connectivity index (χ0v) is 12.2. The lowest BCUT2D eigenvalue weighted by atomic mass is 9.79. The van der Waals surface area contributed by atoms with Gasteiger partial charge in [-0.3, -0.25) is 0 Å². The first-order valence-electron chi connectivity index (χ1n) is 8.08. The number of hydrogen-bond acceptors (Lipinski definition) is 2. The van der Waals surface area contributed by atoms with Crippen LogP contribution in [0.1, 0.15) is 58.8 Å². The highest BCUT2D eigenvalue weighted by Gasteiger charge is 2.42. The SMILES string of the molecule is CCCNC1CC1C1CCC(CO)CCC(C)C1. The third-order valence-electron chi connectivity index (χ3n) is 5.08. The van der Waals surface area contributed by atoms with E-state index in [9.17, 15) is 5.11 Å². The molecule has 0 saturated heterocycles. The van der Waals surface area contributed by atoms with Gasteiger partial charge in [-0.1, -0.05) is 20.3 Å². The molecule has 0 amide bonds. The quantitative estimate of drug-likeness (QED) is 0.788. The van der Waals surface area contributed by atoms with E-state index in [2.05, 4.69) is 19.2 Å². The van der Waals surface area contributed by atoms with Gasteiger partial charge in [-0.05, 0) is 68.7 Å². The Bertz CT molecular complexity index is 243. The molecule has 2 aliphatic carbocycles. The molecule has 2 N–H and O–H groups in total.